The smallest absolute Gasteiger partial charge is 0.855 e. The number of nitrogens with two attached hydrogens (primary N) is 1. The Balaban J connectivity index is -0.000000401. The van der Waals surface area contributed by atoms with Gasteiger partial charge in [-0.3, -0.25) is 14.4 Å². The number of rotatable bonds is 19. The third-order valence-corrected chi connectivity index (χ3v) is 6.24. The van der Waals surface area contributed by atoms with E-state index in [1.165, 1.54) is 45.6 Å². The molecule has 0 atom stereocenters. The van der Waals surface area contributed by atoms with Crippen LogP contribution in [0, 0.1) is 0 Å². The number of aryl methyl sites for hydroxylation is 1. The van der Waals surface area contributed by atoms with Crippen molar-refractivity contribution in [2.75, 3.05) is 101 Å². The molecule has 0 radical (unpaired) electrons. The van der Waals surface area contributed by atoms with E-state index in [2.05, 4.69) is 20.7 Å². The minimum Gasteiger partial charge on any atom is -0.855 e. The number of carbonyl (C=O) groups excluding carboxylic acids is 7. The van der Waals surface area contributed by atoms with Gasteiger partial charge in [-0.15, -0.1) is 6.61 Å². The molecule has 0 aliphatic heterocycles. The zero-order chi connectivity index (χ0) is 43.1. The topological polar surface area (TPSA) is 260 Å². The molecule has 0 bridgehead atoms. The Labute approximate surface area is 357 Å². The van der Waals surface area contributed by atoms with Crippen LogP contribution in [0.4, 0.5) is 0 Å². The van der Waals surface area contributed by atoms with Gasteiger partial charge in [-0.05, 0) is 62.2 Å². The van der Waals surface area contributed by atoms with Crippen molar-refractivity contribution in [1.29, 1.82) is 0 Å². The van der Waals surface area contributed by atoms with E-state index in [4.69, 9.17) is 44.1 Å². The monoisotopic (exact) mass is 818 g/mol. The van der Waals surface area contributed by atoms with Crippen LogP contribution >= 0.6 is 0 Å². The molecular weight excluding hydrogens is 759 g/mol. The minimum atomic E-state index is -0.418. The molecule has 18 nitrogen and oxygen atoms in total. The summed E-state index contributed by atoms with van der Waals surface area (Å²) in [6, 6.07) is 9.30. The van der Waals surface area contributed by atoms with E-state index in [9.17, 15) is 24.0 Å². The van der Waals surface area contributed by atoms with E-state index in [-0.39, 0.29) is 59.0 Å². The molecule has 2 rings (SSSR count). The summed E-state index contributed by atoms with van der Waals surface area (Å²) in [4.78, 5) is 76.6. The number of benzene rings is 2. The van der Waals surface area contributed by atoms with Crippen LogP contribution < -0.4 is 56.3 Å². The maximum Gasteiger partial charge on any atom is 1.00 e. The molecule has 19 heteroatoms. The van der Waals surface area contributed by atoms with Crippen LogP contribution in [0.1, 0.15) is 85.0 Å². The molecule has 2 aromatic rings. The van der Waals surface area contributed by atoms with E-state index < -0.39 is 29.7 Å². The SMILES string of the molecule is CCOC(=O)c1cc(CC)cc(C(=O)OCC)c1.CC[O-].COCCN.COCCNC(=O)c1cc(C(=O)NCCOC)cc(C(=O)NCCOC)c1.O=C=O.[Na+]. The van der Waals surface area contributed by atoms with Crippen LogP contribution in [0.2, 0.25) is 0 Å². The fourth-order valence-electron chi connectivity index (χ4n) is 3.81. The van der Waals surface area contributed by atoms with Gasteiger partial charge in [0.1, 0.15) is 0 Å². The Bertz CT molecular complexity index is 1300. The third-order valence-electron chi connectivity index (χ3n) is 6.24. The van der Waals surface area contributed by atoms with Crippen molar-refractivity contribution in [3.05, 3.63) is 69.8 Å². The Morgan fingerprint density at radius 1 is 0.579 bits per heavy atom. The second-order valence-electron chi connectivity index (χ2n) is 10.4. The van der Waals surface area contributed by atoms with Crippen LogP contribution in [0.25, 0.3) is 0 Å². The van der Waals surface area contributed by atoms with Gasteiger partial charge in [0.05, 0.1) is 50.8 Å². The Morgan fingerprint density at radius 2 is 0.860 bits per heavy atom. The number of ether oxygens (including phenoxy) is 6. The summed E-state index contributed by atoms with van der Waals surface area (Å²) in [5.74, 6) is -2.03. The van der Waals surface area contributed by atoms with Crippen LogP contribution in [-0.2, 0) is 44.4 Å². The number of nitrogens with one attached hydrogen (secondary N) is 3. The molecule has 0 aromatic heterocycles. The van der Waals surface area contributed by atoms with Crippen molar-refractivity contribution in [3.8, 4) is 0 Å². The number of carbonyl (C=O) groups is 5. The number of methoxy groups -OCH3 is 4. The first-order valence-electron chi connectivity index (χ1n) is 17.6. The fraction of sp³-hybridized carbons (Fsp3) is 0.526. The molecule has 3 amide bonds. The van der Waals surface area contributed by atoms with E-state index in [1.54, 1.807) is 40.0 Å². The summed E-state index contributed by atoms with van der Waals surface area (Å²) >= 11 is 0. The molecule has 316 valence electrons. The first-order valence-corrected chi connectivity index (χ1v) is 17.6. The quantitative estimate of drug-likeness (QED) is 0.0666. The van der Waals surface area contributed by atoms with Gasteiger partial charge < -0.3 is 55.2 Å². The Hall–Kier alpha value is -4.07. The number of amides is 3. The first-order chi connectivity index (χ1) is 26.9. The van der Waals surface area contributed by atoms with Gasteiger partial charge in [-0.2, -0.15) is 9.59 Å². The second-order valence-corrected chi connectivity index (χ2v) is 10.4. The van der Waals surface area contributed by atoms with E-state index in [1.807, 2.05) is 6.92 Å². The van der Waals surface area contributed by atoms with Gasteiger partial charge in [0.25, 0.3) is 17.7 Å². The summed E-state index contributed by atoms with van der Waals surface area (Å²) in [5.41, 5.74) is 7.33. The standard InChI is InChI=1S/C18H27N3O6.C14H18O4.C3H9NO.C2H5O.CO2.Na/c1-25-7-4-19-16(22)13-10-14(17(23)20-5-8-26-2)12-15(11-13)18(24)21-6-9-27-3;1-4-10-7-11(13(15)17-5-2)9-12(8-10)14(16)18-6-3;1-5-3-2-4;1-2-3;2-1-3;/h10-12H,4-9H2,1-3H3,(H,19,22)(H,20,23)(H,21,24);7-9H,4-6H2,1-3H3;2-4H2,1H3;2H2,1H3;;/q;;;-1;;+1. The van der Waals surface area contributed by atoms with Crippen molar-refractivity contribution in [3.63, 3.8) is 0 Å². The maximum absolute atomic E-state index is 12.3. The Kier molecular flexibility index (Phi) is 43.5. The summed E-state index contributed by atoms with van der Waals surface area (Å²) in [6.45, 7) is 10.9. The van der Waals surface area contributed by atoms with Crippen molar-refractivity contribution in [2.45, 2.75) is 34.1 Å². The fourth-order valence-corrected chi connectivity index (χ4v) is 3.81. The number of hydrogen-bond acceptors (Lipinski definition) is 15. The zero-order valence-electron chi connectivity index (χ0n) is 34.7. The van der Waals surface area contributed by atoms with Gasteiger partial charge in [-0.1, -0.05) is 13.8 Å². The minimum absolute atomic E-state index is 0. The van der Waals surface area contributed by atoms with E-state index in [0.29, 0.717) is 76.9 Å². The molecule has 57 heavy (non-hydrogen) atoms. The largest absolute Gasteiger partial charge is 1.00 e. The zero-order valence-corrected chi connectivity index (χ0v) is 36.7. The van der Waals surface area contributed by atoms with Gasteiger partial charge >= 0.3 is 47.6 Å². The van der Waals surface area contributed by atoms with Gasteiger partial charge in [0, 0.05) is 71.3 Å². The predicted molar refractivity (Wildman–Crippen MR) is 203 cm³/mol. The molecule has 0 aliphatic carbocycles. The summed E-state index contributed by atoms with van der Waals surface area (Å²) in [7, 11) is 6.21. The molecule has 5 N–H and O–H groups in total. The molecular formula is C38H59N4NaO14. The summed E-state index contributed by atoms with van der Waals surface area (Å²) in [6.07, 6.45) is 0.986. The van der Waals surface area contributed by atoms with Crippen molar-refractivity contribution in [1.82, 2.24) is 16.0 Å². The predicted octanol–water partition coefficient (Wildman–Crippen LogP) is -2.20. The van der Waals surface area contributed by atoms with Crippen LogP contribution in [0.15, 0.2) is 36.4 Å². The van der Waals surface area contributed by atoms with E-state index in [0.717, 1.165) is 12.0 Å². The molecule has 0 spiro atoms. The molecule has 0 saturated heterocycles. The van der Waals surface area contributed by atoms with Gasteiger partial charge in [-0.25, -0.2) is 9.59 Å². The van der Waals surface area contributed by atoms with Gasteiger partial charge in [0.2, 0.25) is 0 Å². The molecule has 0 heterocycles. The van der Waals surface area contributed by atoms with Crippen molar-refractivity contribution < 1.29 is 96.6 Å². The summed E-state index contributed by atoms with van der Waals surface area (Å²) in [5, 5.41) is 16.9. The van der Waals surface area contributed by atoms with Crippen LogP contribution in [-0.4, -0.2) is 137 Å². The van der Waals surface area contributed by atoms with Crippen LogP contribution in [0.3, 0.4) is 0 Å². The van der Waals surface area contributed by atoms with Crippen LogP contribution in [0.5, 0.6) is 0 Å². The number of esters is 2. The average molecular weight is 819 g/mol. The maximum atomic E-state index is 12.3. The molecule has 0 unspecified atom stereocenters. The molecule has 2 aromatic carbocycles. The van der Waals surface area contributed by atoms with E-state index >= 15 is 0 Å². The average Bonchev–Trinajstić information content (AvgIpc) is 3.19. The third kappa shape index (κ3) is 30.7. The molecule has 0 saturated carbocycles. The van der Waals surface area contributed by atoms with Gasteiger partial charge in [0.15, 0.2) is 0 Å². The number of hydrogen-bond donors (Lipinski definition) is 4. The Morgan fingerprint density at radius 3 is 1.07 bits per heavy atom. The normalized spacial score (nSPS) is 9.23. The molecule has 0 aliphatic rings. The molecule has 0 fully saturated rings. The summed E-state index contributed by atoms with van der Waals surface area (Å²) < 4.78 is 29.1. The van der Waals surface area contributed by atoms with Crippen molar-refractivity contribution >= 4 is 35.8 Å². The first kappa shape index (κ1) is 59.6. The second kappa shape index (κ2) is 41.6. The van der Waals surface area contributed by atoms with Crippen molar-refractivity contribution in [2.24, 2.45) is 5.73 Å².